The van der Waals surface area contributed by atoms with Gasteiger partial charge in [-0.2, -0.15) is 0 Å². The number of thioether (sulfide) groups is 1. The Morgan fingerprint density at radius 2 is 2.08 bits per heavy atom. The molecule has 0 saturated carbocycles. The topological polar surface area (TPSA) is 30.7 Å². The summed E-state index contributed by atoms with van der Waals surface area (Å²) in [6.07, 6.45) is 1.01. The summed E-state index contributed by atoms with van der Waals surface area (Å²) < 4.78 is 15.5. The Balaban J connectivity index is 1.87. The maximum absolute atomic E-state index is 13.3. The molecule has 0 saturated heterocycles. The van der Waals surface area contributed by atoms with Crippen molar-refractivity contribution < 1.29 is 4.39 Å². The van der Waals surface area contributed by atoms with E-state index < -0.39 is 0 Å². The van der Waals surface area contributed by atoms with Gasteiger partial charge in [0.05, 0.1) is 0 Å². The molecule has 0 radical (unpaired) electrons. The molecule has 0 bridgehead atoms. The van der Waals surface area contributed by atoms with Gasteiger partial charge in [-0.3, -0.25) is 0 Å². The van der Waals surface area contributed by atoms with Crippen LogP contribution in [-0.4, -0.2) is 14.8 Å². The number of benzene rings is 1. The molecule has 2 aromatic heterocycles. The van der Waals surface area contributed by atoms with Gasteiger partial charge in [-0.05, 0) is 43.5 Å². The summed E-state index contributed by atoms with van der Waals surface area (Å²) in [4.78, 5) is 1.31. The van der Waals surface area contributed by atoms with E-state index in [4.69, 9.17) is 0 Å². The van der Waals surface area contributed by atoms with Crippen LogP contribution in [0.5, 0.6) is 0 Å². The minimum Gasteiger partial charge on any atom is -0.302 e. The van der Waals surface area contributed by atoms with Crippen LogP contribution < -0.4 is 0 Å². The van der Waals surface area contributed by atoms with Crippen molar-refractivity contribution in [1.29, 1.82) is 0 Å². The lowest BCUT2D eigenvalue weighted by molar-refractivity contribution is 0.624. The Labute approximate surface area is 149 Å². The first-order chi connectivity index (χ1) is 11.6. The highest BCUT2D eigenvalue weighted by Crippen LogP contribution is 2.32. The summed E-state index contributed by atoms with van der Waals surface area (Å²) in [5.41, 5.74) is 3.39. The molecule has 0 fully saturated rings. The fraction of sp³-hybridized carbons (Fsp3) is 0.333. The normalized spacial score (nSPS) is 11.2. The van der Waals surface area contributed by atoms with Gasteiger partial charge in [0.15, 0.2) is 11.0 Å². The predicted molar refractivity (Wildman–Crippen MR) is 99.1 cm³/mol. The molecule has 0 atom stereocenters. The number of hydrogen-bond acceptors (Lipinski definition) is 4. The average Bonchev–Trinajstić information content (AvgIpc) is 3.10. The van der Waals surface area contributed by atoms with Gasteiger partial charge in [-0.15, -0.1) is 21.5 Å². The molecule has 0 aliphatic heterocycles. The minimum atomic E-state index is -0.201. The van der Waals surface area contributed by atoms with Crippen LogP contribution in [-0.2, 0) is 12.3 Å². The fourth-order valence-electron chi connectivity index (χ4n) is 2.53. The van der Waals surface area contributed by atoms with E-state index in [1.165, 1.54) is 16.5 Å². The third-order valence-corrected chi connectivity index (χ3v) is 6.00. The molecule has 0 spiro atoms. The Morgan fingerprint density at radius 1 is 1.25 bits per heavy atom. The van der Waals surface area contributed by atoms with Gasteiger partial charge < -0.3 is 4.57 Å². The largest absolute Gasteiger partial charge is 0.302 e. The molecule has 0 N–H and O–H groups in total. The molecule has 3 rings (SSSR count). The number of rotatable bonds is 6. The Bertz CT molecular complexity index is 839. The molecule has 24 heavy (non-hydrogen) atoms. The Kier molecular flexibility index (Phi) is 5.36. The van der Waals surface area contributed by atoms with Crippen LogP contribution in [0, 0.1) is 19.7 Å². The second-order valence-electron chi connectivity index (χ2n) is 5.71. The first-order valence-electron chi connectivity index (χ1n) is 7.95. The third kappa shape index (κ3) is 3.54. The highest BCUT2D eigenvalue weighted by Gasteiger charge is 2.17. The molecule has 6 heteroatoms. The molecule has 3 nitrogen and oxygen atoms in total. The van der Waals surface area contributed by atoms with E-state index in [2.05, 4.69) is 40.9 Å². The lowest BCUT2D eigenvalue weighted by Gasteiger charge is -2.09. The molecule has 2 heterocycles. The van der Waals surface area contributed by atoms with E-state index in [9.17, 15) is 4.39 Å². The quantitative estimate of drug-likeness (QED) is 0.546. The molecule has 0 aliphatic carbocycles. The molecule has 0 aliphatic rings. The van der Waals surface area contributed by atoms with Crippen LogP contribution in [0.2, 0.25) is 0 Å². The van der Waals surface area contributed by atoms with Crippen molar-refractivity contribution in [1.82, 2.24) is 14.8 Å². The van der Waals surface area contributed by atoms with Crippen molar-refractivity contribution in [3.05, 3.63) is 51.5 Å². The SMILES string of the molecule is CCCn1c(SCc2cccc(F)c2)nnc1-c1csc(C)c1C. The zero-order valence-corrected chi connectivity index (χ0v) is 15.7. The molecule has 0 amide bonds. The number of aryl methyl sites for hydroxylation is 1. The van der Waals surface area contributed by atoms with Crippen LogP contribution in [0.25, 0.3) is 11.4 Å². The summed E-state index contributed by atoms with van der Waals surface area (Å²) in [5, 5.41) is 11.9. The van der Waals surface area contributed by atoms with Gasteiger partial charge in [0.2, 0.25) is 0 Å². The molecule has 0 unspecified atom stereocenters. The van der Waals surface area contributed by atoms with E-state index in [0.717, 1.165) is 35.1 Å². The average molecular weight is 362 g/mol. The lowest BCUT2D eigenvalue weighted by Crippen LogP contribution is -2.02. The number of halogens is 1. The van der Waals surface area contributed by atoms with Crippen molar-refractivity contribution in [3.8, 4) is 11.4 Å². The summed E-state index contributed by atoms with van der Waals surface area (Å²) in [5.74, 6) is 1.41. The number of aromatic nitrogens is 3. The van der Waals surface area contributed by atoms with Gasteiger partial charge >= 0.3 is 0 Å². The van der Waals surface area contributed by atoms with Crippen molar-refractivity contribution in [3.63, 3.8) is 0 Å². The van der Waals surface area contributed by atoms with Crippen LogP contribution in [0.1, 0.15) is 29.3 Å². The number of nitrogens with zero attached hydrogens (tertiary/aromatic N) is 3. The first kappa shape index (κ1) is 17.2. The van der Waals surface area contributed by atoms with Crippen molar-refractivity contribution in [2.45, 2.75) is 44.6 Å². The summed E-state index contributed by atoms with van der Waals surface area (Å²) in [7, 11) is 0. The van der Waals surface area contributed by atoms with E-state index >= 15 is 0 Å². The molecular formula is C18H20FN3S2. The van der Waals surface area contributed by atoms with Crippen LogP contribution in [0.4, 0.5) is 4.39 Å². The molecule has 126 valence electrons. The minimum absolute atomic E-state index is 0.201. The highest BCUT2D eigenvalue weighted by atomic mass is 32.2. The Morgan fingerprint density at radius 3 is 2.75 bits per heavy atom. The maximum atomic E-state index is 13.3. The molecule has 3 aromatic rings. The first-order valence-corrected chi connectivity index (χ1v) is 9.82. The maximum Gasteiger partial charge on any atom is 0.191 e. The van der Waals surface area contributed by atoms with Gasteiger partial charge in [0.1, 0.15) is 5.82 Å². The monoisotopic (exact) mass is 361 g/mol. The second kappa shape index (κ2) is 7.49. The summed E-state index contributed by atoms with van der Waals surface area (Å²) >= 11 is 3.35. The van der Waals surface area contributed by atoms with Crippen molar-refractivity contribution in [2.75, 3.05) is 0 Å². The van der Waals surface area contributed by atoms with Gasteiger partial charge in [0, 0.05) is 28.1 Å². The third-order valence-electron chi connectivity index (χ3n) is 3.95. The van der Waals surface area contributed by atoms with E-state index in [1.807, 2.05) is 6.07 Å². The smallest absolute Gasteiger partial charge is 0.191 e. The van der Waals surface area contributed by atoms with Crippen LogP contribution >= 0.6 is 23.1 Å². The van der Waals surface area contributed by atoms with Gasteiger partial charge in [-0.25, -0.2) is 4.39 Å². The fourth-order valence-corrected chi connectivity index (χ4v) is 4.30. The second-order valence-corrected chi connectivity index (χ2v) is 7.73. The van der Waals surface area contributed by atoms with Crippen molar-refractivity contribution in [2.24, 2.45) is 0 Å². The number of hydrogen-bond donors (Lipinski definition) is 0. The van der Waals surface area contributed by atoms with E-state index in [0.29, 0.717) is 5.75 Å². The summed E-state index contributed by atoms with van der Waals surface area (Å²) in [6.45, 7) is 7.29. The lowest BCUT2D eigenvalue weighted by atomic mass is 10.1. The summed E-state index contributed by atoms with van der Waals surface area (Å²) in [6, 6.07) is 6.71. The zero-order valence-electron chi connectivity index (χ0n) is 14.0. The highest BCUT2D eigenvalue weighted by molar-refractivity contribution is 7.98. The zero-order chi connectivity index (χ0) is 17.1. The Hall–Kier alpha value is -1.66. The van der Waals surface area contributed by atoms with Gasteiger partial charge in [-0.1, -0.05) is 30.8 Å². The molecule has 1 aromatic carbocycles. The van der Waals surface area contributed by atoms with Crippen molar-refractivity contribution >= 4 is 23.1 Å². The van der Waals surface area contributed by atoms with E-state index in [-0.39, 0.29) is 5.82 Å². The number of thiophene rings is 1. The van der Waals surface area contributed by atoms with E-state index in [1.54, 1.807) is 35.2 Å². The van der Waals surface area contributed by atoms with Crippen LogP contribution in [0.3, 0.4) is 0 Å². The van der Waals surface area contributed by atoms with Crippen LogP contribution in [0.15, 0.2) is 34.8 Å². The predicted octanol–water partition coefficient (Wildman–Crippen LogP) is 5.46. The van der Waals surface area contributed by atoms with Gasteiger partial charge in [0.25, 0.3) is 0 Å². The standard InChI is InChI=1S/C18H20FN3S2/c1-4-8-22-17(16-11-23-13(3)12(16)2)20-21-18(22)24-10-14-6-5-7-15(19)9-14/h5-7,9,11H,4,8,10H2,1-3H3. The molecular weight excluding hydrogens is 341 g/mol.